The molecule has 0 bridgehead atoms. The molecule has 0 aromatic heterocycles. The number of carbonyl (C=O) groups excluding carboxylic acids is 1. The van der Waals surface area contributed by atoms with E-state index in [4.69, 9.17) is 9.47 Å². The van der Waals surface area contributed by atoms with Crippen LogP contribution in [0.2, 0.25) is 0 Å². The zero-order valence-corrected chi connectivity index (χ0v) is 21.9. The van der Waals surface area contributed by atoms with Gasteiger partial charge in [-0.05, 0) is 47.9 Å². The quantitative estimate of drug-likeness (QED) is 0.315. The summed E-state index contributed by atoms with van der Waals surface area (Å²) in [6.07, 6.45) is -9.12. The van der Waals surface area contributed by atoms with Gasteiger partial charge in [0.2, 0.25) is 0 Å². The van der Waals surface area contributed by atoms with Crippen LogP contribution in [0.5, 0.6) is 11.5 Å². The molecule has 0 N–H and O–H groups in total. The molecule has 4 rings (SSSR count). The van der Waals surface area contributed by atoms with Gasteiger partial charge in [-0.1, -0.05) is 36.4 Å². The Morgan fingerprint density at radius 1 is 0.850 bits per heavy atom. The maximum Gasteiger partial charge on any atom is 0.419 e. The Labute approximate surface area is 227 Å². The number of piperazine rings is 1. The lowest BCUT2D eigenvalue weighted by Crippen LogP contribution is -2.55. The standard InChI is InChI=1S/C29H28F6N2O3/c1-39-24-15-21(14-22(16-24)28(30,31)32)27(38)37-11-10-36(17-19-6-4-3-5-7-19)18-23(37)12-20-8-9-25(29(33,34)35)26(13-20)40-2/h3-9,13-16,23H,10-12,17-18H2,1-2H3/t23-/m1/s1. The van der Waals surface area contributed by atoms with E-state index in [0.717, 1.165) is 30.9 Å². The van der Waals surface area contributed by atoms with Gasteiger partial charge in [0.05, 0.1) is 25.3 Å². The van der Waals surface area contributed by atoms with Gasteiger partial charge >= 0.3 is 12.4 Å². The van der Waals surface area contributed by atoms with Crippen LogP contribution in [0.4, 0.5) is 26.3 Å². The van der Waals surface area contributed by atoms with Crippen molar-refractivity contribution < 1.29 is 40.6 Å². The molecule has 0 spiro atoms. The number of rotatable bonds is 7. The SMILES string of the molecule is COc1cc(C(=O)N2CCN(Cc3ccccc3)C[C@H]2Cc2ccc(C(F)(F)F)c(OC)c2)cc(C(F)(F)F)c1. The number of alkyl halides is 6. The van der Waals surface area contributed by atoms with Crippen LogP contribution in [0, 0.1) is 0 Å². The van der Waals surface area contributed by atoms with Gasteiger partial charge in [-0.15, -0.1) is 0 Å². The Bertz CT molecular complexity index is 1330. The van der Waals surface area contributed by atoms with E-state index in [2.05, 4.69) is 4.90 Å². The summed E-state index contributed by atoms with van der Waals surface area (Å²) in [6.45, 7) is 1.61. The third-order valence-corrected chi connectivity index (χ3v) is 6.84. The molecule has 214 valence electrons. The highest BCUT2D eigenvalue weighted by molar-refractivity contribution is 5.95. The maximum atomic E-state index is 13.6. The van der Waals surface area contributed by atoms with Crippen molar-refractivity contribution in [1.82, 2.24) is 9.80 Å². The zero-order chi connectivity index (χ0) is 29.1. The van der Waals surface area contributed by atoms with Crippen LogP contribution < -0.4 is 9.47 Å². The molecular weight excluding hydrogens is 538 g/mol. The smallest absolute Gasteiger partial charge is 0.419 e. The van der Waals surface area contributed by atoms with Crippen molar-refractivity contribution in [3.05, 3.63) is 94.5 Å². The lowest BCUT2D eigenvalue weighted by atomic mass is 9.98. The van der Waals surface area contributed by atoms with Gasteiger partial charge in [0.15, 0.2) is 0 Å². The number of halogens is 6. The molecule has 5 nitrogen and oxygen atoms in total. The first kappa shape index (κ1) is 29.3. The predicted molar refractivity (Wildman–Crippen MR) is 136 cm³/mol. The molecule has 1 aliphatic heterocycles. The van der Waals surface area contributed by atoms with Crippen LogP contribution in [0.15, 0.2) is 66.7 Å². The second-order valence-corrected chi connectivity index (χ2v) is 9.56. The number of methoxy groups -OCH3 is 2. The summed E-state index contributed by atoms with van der Waals surface area (Å²) in [5.74, 6) is -1.07. The molecule has 0 aliphatic carbocycles. The van der Waals surface area contributed by atoms with Crippen LogP contribution in [-0.2, 0) is 25.3 Å². The Morgan fingerprint density at radius 3 is 2.20 bits per heavy atom. The van der Waals surface area contributed by atoms with Crippen molar-refractivity contribution in [2.75, 3.05) is 33.9 Å². The number of benzene rings is 3. The van der Waals surface area contributed by atoms with Crippen molar-refractivity contribution in [1.29, 1.82) is 0 Å². The Hall–Kier alpha value is -3.73. The summed E-state index contributed by atoms with van der Waals surface area (Å²) in [5, 5.41) is 0. The van der Waals surface area contributed by atoms with E-state index >= 15 is 0 Å². The highest BCUT2D eigenvalue weighted by Gasteiger charge is 2.37. The largest absolute Gasteiger partial charge is 0.497 e. The molecule has 11 heteroatoms. The predicted octanol–water partition coefficient (Wildman–Crippen LogP) is 6.31. The molecule has 0 unspecified atom stereocenters. The lowest BCUT2D eigenvalue weighted by molar-refractivity contribution is -0.139. The summed E-state index contributed by atoms with van der Waals surface area (Å²) in [5.41, 5.74) is -0.576. The first-order chi connectivity index (χ1) is 18.9. The van der Waals surface area contributed by atoms with Crippen molar-refractivity contribution >= 4 is 5.91 Å². The van der Waals surface area contributed by atoms with Crippen LogP contribution in [0.1, 0.15) is 32.6 Å². The van der Waals surface area contributed by atoms with E-state index in [1.54, 1.807) is 0 Å². The molecule has 1 atom stereocenters. The highest BCUT2D eigenvalue weighted by Crippen LogP contribution is 2.37. The molecular formula is C29H28F6N2O3. The Kier molecular flexibility index (Phi) is 8.62. The lowest BCUT2D eigenvalue weighted by Gasteiger charge is -2.42. The summed E-state index contributed by atoms with van der Waals surface area (Å²) in [7, 11) is 2.36. The number of nitrogens with zero attached hydrogens (tertiary/aromatic N) is 2. The first-order valence-corrected chi connectivity index (χ1v) is 12.5. The van der Waals surface area contributed by atoms with Crippen LogP contribution in [-0.4, -0.2) is 55.6 Å². The number of hydrogen-bond donors (Lipinski definition) is 0. The average molecular weight is 567 g/mol. The summed E-state index contributed by atoms with van der Waals surface area (Å²) in [6, 6.07) is 15.5. The molecule has 0 radical (unpaired) electrons. The normalized spacial score (nSPS) is 16.6. The fourth-order valence-corrected chi connectivity index (χ4v) is 4.89. The van der Waals surface area contributed by atoms with Crippen molar-refractivity contribution in [3.8, 4) is 11.5 Å². The molecule has 3 aromatic rings. The van der Waals surface area contributed by atoms with Gasteiger partial charge in [0.25, 0.3) is 5.91 Å². The molecule has 1 fully saturated rings. The van der Waals surface area contributed by atoms with Crippen molar-refractivity contribution in [2.24, 2.45) is 0 Å². The van der Waals surface area contributed by atoms with Crippen LogP contribution in [0.3, 0.4) is 0 Å². The van der Waals surface area contributed by atoms with Gasteiger partial charge < -0.3 is 14.4 Å². The minimum absolute atomic E-state index is 0.107. The number of amides is 1. The summed E-state index contributed by atoms with van der Waals surface area (Å²) < 4.78 is 90.7. The van der Waals surface area contributed by atoms with Gasteiger partial charge in [-0.3, -0.25) is 9.69 Å². The van der Waals surface area contributed by atoms with E-state index in [0.29, 0.717) is 25.2 Å². The highest BCUT2D eigenvalue weighted by atomic mass is 19.4. The van der Waals surface area contributed by atoms with E-state index < -0.39 is 35.4 Å². The molecule has 1 heterocycles. The van der Waals surface area contributed by atoms with E-state index in [1.165, 1.54) is 30.2 Å². The monoisotopic (exact) mass is 566 g/mol. The van der Waals surface area contributed by atoms with E-state index in [-0.39, 0.29) is 30.0 Å². The van der Waals surface area contributed by atoms with Crippen LogP contribution >= 0.6 is 0 Å². The summed E-state index contributed by atoms with van der Waals surface area (Å²) >= 11 is 0. The average Bonchev–Trinajstić information content (AvgIpc) is 2.92. The van der Waals surface area contributed by atoms with Crippen LogP contribution in [0.25, 0.3) is 0 Å². The van der Waals surface area contributed by atoms with E-state index in [9.17, 15) is 31.1 Å². The zero-order valence-electron chi connectivity index (χ0n) is 21.9. The Morgan fingerprint density at radius 2 is 1.57 bits per heavy atom. The molecule has 1 amide bonds. The van der Waals surface area contributed by atoms with Crippen molar-refractivity contribution in [3.63, 3.8) is 0 Å². The topological polar surface area (TPSA) is 42.0 Å². The van der Waals surface area contributed by atoms with Gasteiger partial charge in [-0.2, -0.15) is 26.3 Å². The van der Waals surface area contributed by atoms with Gasteiger partial charge in [0, 0.05) is 37.8 Å². The molecule has 3 aromatic carbocycles. The second kappa shape index (κ2) is 11.8. The minimum Gasteiger partial charge on any atom is -0.497 e. The van der Waals surface area contributed by atoms with E-state index in [1.807, 2.05) is 30.3 Å². The Balaban J connectivity index is 1.66. The first-order valence-electron chi connectivity index (χ1n) is 12.5. The van der Waals surface area contributed by atoms with Gasteiger partial charge in [0.1, 0.15) is 11.5 Å². The number of hydrogen-bond acceptors (Lipinski definition) is 4. The fraction of sp³-hybridized carbons (Fsp3) is 0.345. The second-order valence-electron chi connectivity index (χ2n) is 9.56. The number of ether oxygens (including phenoxy) is 2. The third-order valence-electron chi connectivity index (χ3n) is 6.84. The molecule has 40 heavy (non-hydrogen) atoms. The third kappa shape index (κ3) is 6.88. The molecule has 1 saturated heterocycles. The number of carbonyl (C=O) groups is 1. The molecule has 0 saturated carbocycles. The maximum absolute atomic E-state index is 13.6. The fourth-order valence-electron chi connectivity index (χ4n) is 4.89. The van der Waals surface area contributed by atoms with Crippen molar-refractivity contribution in [2.45, 2.75) is 31.4 Å². The minimum atomic E-state index is -4.69. The van der Waals surface area contributed by atoms with Gasteiger partial charge in [-0.25, -0.2) is 0 Å². The molecule has 1 aliphatic rings. The summed E-state index contributed by atoms with van der Waals surface area (Å²) in [4.78, 5) is 17.2.